The van der Waals surface area contributed by atoms with E-state index in [1.165, 1.54) is 41.3 Å². The summed E-state index contributed by atoms with van der Waals surface area (Å²) < 4.78 is 48.7. The first kappa shape index (κ1) is 35.4. The van der Waals surface area contributed by atoms with E-state index < -0.39 is 34.3 Å². The van der Waals surface area contributed by atoms with Crippen molar-refractivity contribution in [1.82, 2.24) is 10.2 Å². The minimum Gasteiger partial charge on any atom is -0.494 e. The molecule has 0 aromatic heterocycles. The number of hydrogen-bond donors (Lipinski definition) is 1. The van der Waals surface area contributed by atoms with Crippen LogP contribution in [0.4, 0.5) is 10.1 Å². The molecule has 0 saturated carbocycles. The van der Waals surface area contributed by atoms with Crippen molar-refractivity contribution in [2.24, 2.45) is 0 Å². The first-order chi connectivity index (χ1) is 22.5. The Morgan fingerprint density at radius 2 is 1.53 bits per heavy atom. The van der Waals surface area contributed by atoms with Crippen LogP contribution in [0.25, 0.3) is 0 Å². The lowest BCUT2D eigenvalue weighted by Crippen LogP contribution is -2.54. The van der Waals surface area contributed by atoms with Gasteiger partial charge in [-0.25, -0.2) is 12.8 Å². The third-order valence-corrected chi connectivity index (χ3v) is 9.84. The fourth-order valence-corrected chi connectivity index (χ4v) is 6.55. The fraction of sp³-hybridized carbons (Fsp3) is 0.278. The number of nitrogens with zero attached hydrogens (tertiary/aromatic N) is 2. The molecule has 4 aromatic rings. The highest BCUT2D eigenvalue weighted by Crippen LogP contribution is 2.27. The largest absolute Gasteiger partial charge is 0.494 e. The van der Waals surface area contributed by atoms with Crippen LogP contribution in [-0.2, 0) is 32.6 Å². The van der Waals surface area contributed by atoms with Crippen LogP contribution in [0.1, 0.15) is 38.3 Å². The standard InChI is InChI=1S/C36H39ClFN3O5S/c1-4-26(3)39-36(43)34(23-27-11-7-6-8-12-27)40(24-28-13-9-10-14-33(28)37)35(42)25-41(30-17-15-29(38)16-18-30)47(44,45)32-21-19-31(20-22-32)46-5-2/h6-22,26,34H,4-5,23-25H2,1-3H3,(H,39,43)/t26-,34-/m0/s1. The van der Waals surface area contributed by atoms with E-state index in [1.807, 2.05) is 51.1 Å². The minimum absolute atomic E-state index is 0.0652. The highest BCUT2D eigenvalue weighted by atomic mass is 35.5. The van der Waals surface area contributed by atoms with Gasteiger partial charge in [-0.2, -0.15) is 0 Å². The van der Waals surface area contributed by atoms with Crippen LogP contribution >= 0.6 is 11.6 Å². The van der Waals surface area contributed by atoms with E-state index in [4.69, 9.17) is 16.3 Å². The van der Waals surface area contributed by atoms with Gasteiger partial charge in [-0.05, 0) is 86.0 Å². The lowest BCUT2D eigenvalue weighted by molar-refractivity contribution is -0.140. The molecule has 8 nitrogen and oxygen atoms in total. The highest BCUT2D eigenvalue weighted by molar-refractivity contribution is 7.92. The normalized spacial score (nSPS) is 12.5. The van der Waals surface area contributed by atoms with Crippen LogP contribution in [0.2, 0.25) is 5.02 Å². The monoisotopic (exact) mass is 679 g/mol. The smallest absolute Gasteiger partial charge is 0.264 e. The van der Waals surface area contributed by atoms with Gasteiger partial charge in [-0.15, -0.1) is 0 Å². The molecule has 4 aromatic carbocycles. The van der Waals surface area contributed by atoms with E-state index in [2.05, 4.69) is 5.32 Å². The zero-order chi connectivity index (χ0) is 34.0. The zero-order valence-corrected chi connectivity index (χ0v) is 28.2. The molecule has 4 rings (SSSR count). The molecule has 11 heteroatoms. The van der Waals surface area contributed by atoms with Crippen LogP contribution in [0.5, 0.6) is 5.75 Å². The van der Waals surface area contributed by atoms with E-state index in [0.29, 0.717) is 29.4 Å². The summed E-state index contributed by atoms with van der Waals surface area (Å²) in [4.78, 5) is 29.7. The van der Waals surface area contributed by atoms with Crippen molar-refractivity contribution in [1.29, 1.82) is 0 Å². The van der Waals surface area contributed by atoms with Gasteiger partial charge in [0.05, 0.1) is 17.2 Å². The Kier molecular flexibility index (Phi) is 12.4. The zero-order valence-electron chi connectivity index (χ0n) is 26.6. The third kappa shape index (κ3) is 9.33. The van der Waals surface area contributed by atoms with Crippen molar-refractivity contribution >= 4 is 39.1 Å². The molecule has 47 heavy (non-hydrogen) atoms. The quantitative estimate of drug-likeness (QED) is 0.152. The molecule has 248 valence electrons. The van der Waals surface area contributed by atoms with E-state index >= 15 is 0 Å². The molecule has 0 aliphatic rings. The summed E-state index contributed by atoms with van der Waals surface area (Å²) in [6.45, 7) is 5.29. The Balaban J connectivity index is 1.80. The number of nitrogens with one attached hydrogen (secondary N) is 1. The second-order valence-corrected chi connectivity index (χ2v) is 13.3. The molecule has 0 bridgehead atoms. The van der Waals surface area contributed by atoms with E-state index in [0.717, 1.165) is 22.0 Å². The van der Waals surface area contributed by atoms with Crippen molar-refractivity contribution in [2.75, 3.05) is 17.5 Å². The molecule has 0 fully saturated rings. The maximum atomic E-state index is 14.5. The number of amides is 2. The van der Waals surface area contributed by atoms with Gasteiger partial charge in [0.15, 0.2) is 0 Å². The Hall–Kier alpha value is -4.41. The lowest BCUT2D eigenvalue weighted by atomic mass is 10.0. The average molecular weight is 680 g/mol. The minimum atomic E-state index is -4.35. The number of hydrogen-bond acceptors (Lipinski definition) is 5. The summed E-state index contributed by atoms with van der Waals surface area (Å²) in [6.07, 6.45) is 0.836. The number of rotatable bonds is 15. The van der Waals surface area contributed by atoms with Gasteiger partial charge in [0.1, 0.15) is 24.2 Å². The number of ether oxygens (including phenoxy) is 1. The van der Waals surface area contributed by atoms with Gasteiger partial charge in [0.25, 0.3) is 10.0 Å². The summed E-state index contributed by atoms with van der Waals surface area (Å²) in [5.41, 5.74) is 1.47. The molecule has 0 saturated heterocycles. The Labute approximate surface area is 281 Å². The maximum absolute atomic E-state index is 14.5. The summed E-state index contributed by atoms with van der Waals surface area (Å²) in [7, 11) is -4.35. The molecule has 1 N–H and O–H groups in total. The van der Waals surface area contributed by atoms with Crippen LogP contribution in [0, 0.1) is 5.82 Å². The molecule has 0 unspecified atom stereocenters. The summed E-state index contributed by atoms with van der Waals surface area (Å²) in [6, 6.07) is 25.7. The van der Waals surface area contributed by atoms with E-state index in [-0.39, 0.29) is 35.5 Å². The molecular weight excluding hydrogens is 641 g/mol. The number of anilines is 1. The SMILES string of the molecule is CCOc1ccc(S(=O)(=O)N(CC(=O)N(Cc2ccccc2Cl)[C@@H](Cc2ccccc2)C(=O)N[C@@H](C)CC)c2ccc(F)cc2)cc1. The first-order valence-electron chi connectivity index (χ1n) is 15.4. The molecule has 0 aliphatic heterocycles. The van der Waals surface area contributed by atoms with Gasteiger partial charge in [-0.3, -0.25) is 13.9 Å². The van der Waals surface area contributed by atoms with Gasteiger partial charge in [-0.1, -0.05) is 67.1 Å². The van der Waals surface area contributed by atoms with Gasteiger partial charge < -0.3 is 15.0 Å². The van der Waals surface area contributed by atoms with E-state index in [9.17, 15) is 22.4 Å². The van der Waals surface area contributed by atoms with E-state index in [1.54, 1.807) is 24.3 Å². The molecule has 2 amide bonds. The van der Waals surface area contributed by atoms with Crippen molar-refractivity contribution in [3.8, 4) is 5.75 Å². The number of sulfonamides is 1. The van der Waals surface area contributed by atoms with Gasteiger partial charge in [0.2, 0.25) is 11.8 Å². The van der Waals surface area contributed by atoms with Crippen LogP contribution < -0.4 is 14.4 Å². The number of benzene rings is 4. The van der Waals surface area contributed by atoms with Crippen molar-refractivity contribution in [2.45, 2.75) is 57.1 Å². The molecule has 0 spiro atoms. The van der Waals surface area contributed by atoms with Gasteiger partial charge in [0, 0.05) is 24.0 Å². The predicted molar refractivity (Wildman–Crippen MR) is 182 cm³/mol. The third-order valence-electron chi connectivity index (χ3n) is 7.69. The Morgan fingerprint density at radius 1 is 0.894 bits per heavy atom. The molecule has 0 radical (unpaired) electrons. The van der Waals surface area contributed by atoms with Crippen molar-refractivity contribution in [3.05, 3.63) is 125 Å². The van der Waals surface area contributed by atoms with Crippen LogP contribution in [0.3, 0.4) is 0 Å². The Morgan fingerprint density at radius 3 is 2.15 bits per heavy atom. The van der Waals surface area contributed by atoms with Crippen LogP contribution in [-0.4, -0.2) is 50.4 Å². The highest BCUT2D eigenvalue weighted by Gasteiger charge is 2.35. The second-order valence-electron chi connectivity index (χ2n) is 11.0. The number of carbonyl (C=O) groups excluding carboxylic acids is 2. The molecule has 0 heterocycles. The topological polar surface area (TPSA) is 96.0 Å². The Bertz CT molecular complexity index is 1740. The average Bonchev–Trinajstić information content (AvgIpc) is 3.07. The lowest BCUT2D eigenvalue weighted by Gasteiger charge is -2.34. The molecular formula is C36H39ClFN3O5S. The van der Waals surface area contributed by atoms with Crippen molar-refractivity contribution in [3.63, 3.8) is 0 Å². The first-order valence-corrected chi connectivity index (χ1v) is 17.2. The fourth-order valence-electron chi connectivity index (χ4n) is 4.94. The predicted octanol–water partition coefficient (Wildman–Crippen LogP) is 6.63. The van der Waals surface area contributed by atoms with Crippen molar-refractivity contribution < 1.29 is 27.1 Å². The summed E-state index contributed by atoms with van der Waals surface area (Å²) in [5, 5.41) is 3.39. The maximum Gasteiger partial charge on any atom is 0.264 e. The summed E-state index contributed by atoms with van der Waals surface area (Å²) >= 11 is 6.54. The van der Waals surface area contributed by atoms with Crippen LogP contribution in [0.15, 0.2) is 108 Å². The molecule has 0 aliphatic carbocycles. The van der Waals surface area contributed by atoms with Gasteiger partial charge >= 0.3 is 0 Å². The number of carbonyl (C=O) groups is 2. The summed E-state index contributed by atoms with van der Waals surface area (Å²) in [5.74, 6) is -1.11. The second kappa shape index (κ2) is 16.4. The number of halogens is 2. The molecule has 2 atom stereocenters.